The largest absolute Gasteiger partial charge is 0.322 e. The fraction of sp³-hybridized carbons (Fsp3) is 0.222. The van der Waals surface area contributed by atoms with Gasteiger partial charge in [0.25, 0.3) is 5.91 Å². The third-order valence-corrected chi connectivity index (χ3v) is 7.04. The Morgan fingerprint density at radius 3 is 2.10 bits per heavy atom. The molecule has 1 atom stereocenters. The summed E-state index contributed by atoms with van der Waals surface area (Å²) in [4.78, 5) is 15.0. The smallest absolute Gasteiger partial charge is 0.306 e. The van der Waals surface area contributed by atoms with Crippen molar-refractivity contribution in [2.75, 3.05) is 9.80 Å². The van der Waals surface area contributed by atoms with Crippen molar-refractivity contribution >= 4 is 49.0 Å². The molecule has 1 aliphatic rings. The number of anilines is 2. The number of halogens is 1. The van der Waals surface area contributed by atoms with Crippen LogP contribution in [0.1, 0.15) is 19.4 Å². The molecule has 1 unspecified atom stereocenters. The van der Waals surface area contributed by atoms with Crippen LogP contribution in [0.25, 0.3) is 0 Å². The van der Waals surface area contributed by atoms with Crippen LogP contribution in [-0.4, -0.2) is 38.3 Å². The van der Waals surface area contributed by atoms with Crippen molar-refractivity contribution < 1.29 is 26.2 Å². The molecule has 3 N–H and O–H groups in total. The molecule has 0 aromatic heterocycles. The van der Waals surface area contributed by atoms with Crippen LogP contribution in [0.2, 0.25) is 5.02 Å². The first-order valence-electron chi connectivity index (χ1n) is 8.61. The van der Waals surface area contributed by atoms with Crippen molar-refractivity contribution in [2.24, 2.45) is 5.14 Å². The molecule has 1 fully saturated rings. The van der Waals surface area contributed by atoms with Gasteiger partial charge in [-0.05, 0) is 56.3 Å². The van der Waals surface area contributed by atoms with E-state index in [0.29, 0.717) is 0 Å². The van der Waals surface area contributed by atoms with Gasteiger partial charge in [0.2, 0.25) is 15.5 Å². The number of amides is 1. The van der Waals surface area contributed by atoms with Gasteiger partial charge in [0.1, 0.15) is 11.6 Å². The van der Waals surface area contributed by atoms with E-state index in [1.807, 2.05) is 6.07 Å². The Labute approximate surface area is 184 Å². The third kappa shape index (κ3) is 3.98. The standard InChI is InChI=1S/C18H17ClN4O6S2/c1-18(2)16(24)22(13-4-3-11(10-20)15(19)9-13)17(31(27,28)29)23(18)12-5-7-14(8-6-12)30(21,25)26/h3-9,17H,1-2H3,(H2,21,25,26)(H,27,28,29). The molecule has 2 aromatic carbocycles. The van der Waals surface area contributed by atoms with Crippen molar-refractivity contribution in [3.63, 3.8) is 0 Å². The second kappa shape index (κ2) is 7.47. The van der Waals surface area contributed by atoms with Crippen molar-refractivity contribution in [3.8, 4) is 6.07 Å². The quantitative estimate of drug-likeness (QED) is 0.619. The van der Waals surface area contributed by atoms with E-state index in [0.717, 1.165) is 21.9 Å². The van der Waals surface area contributed by atoms with Crippen LogP contribution >= 0.6 is 11.6 Å². The summed E-state index contributed by atoms with van der Waals surface area (Å²) < 4.78 is 57.8. The van der Waals surface area contributed by atoms with E-state index >= 15 is 0 Å². The number of benzene rings is 2. The topological polar surface area (TPSA) is 162 Å². The lowest BCUT2D eigenvalue weighted by molar-refractivity contribution is -0.120. The summed E-state index contributed by atoms with van der Waals surface area (Å²) in [6.45, 7) is 2.90. The molecule has 0 radical (unpaired) electrons. The van der Waals surface area contributed by atoms with Crippen LogP contribution in [0.3, 0.4) is 0 Å². The van der Waals surface area contributed by atoms with Gasteiger partial charge in [-0.1, -0.05) is 11.6 Å². The SMILES string of the molecule is CC1(C)C(=O)N(c2ccc(C#N)c(Cl)c2)C(S(=O)(=O)O)N1c1ccc(S(N)(=O)=O)cc1. The molecule has 1 heterocycles. The lowest BCUT2D eigenvalue weighted by atomic mass is 10.0. The maximum Gasteiger partial charge on any atom is 0.306 e. The van der Waals surface area contributed by atoms with Crippen molar-refractivity contribution in [2.45, 2.75) is 29.8 Å². The molecule has 0 aliphatic carbocycles. The molecule has 1 saturated heterocycles. The van der Waals surface area contributed by atoms with E-state index in [-0.39, 0.29) is 26.9 Å². The van der Waals surface area contributed by atoms with E-state index in [2.05, 4.69) is 0 Å². The minimum absolute atomic E-state index is 0.00403. The zero-order chi connectivity index (χ0) is 23.4. The average Bonchev–Trinajstić information content (AvgIpc) is 2.87. The highest BCUT2D eigenvalue weighted by atomic mass is 35.5. The monoisotopic (exact) mass is 484 g/mol. The fourth-order valence-electron chi connectivity index (χ4n) is 3.39. The van der Waals surface area contributed by atoms with Crippen LogP contribution in [0.5, 0.6) is 0 Å². The number of carbonyl (C=O) groups excluding carboxylic acids is 1. The first-order chi connectivity index (χ1) is 14.2. The minimum atomic E-state index is -4.89. The van der Waals surface area contributed by atoms with Gasteiger partial charge >= 0.3 is 10.1 Å². The summed E-state index contributed by atoms with van der Waals surface area (Å²) in [7, 11) is -8.88. The Hall–Kier alpha value is -2.69. The van der Waals surface area contributed by atoms with Gasteiger partial charge in [-0.25, -0.2) is 13.6 Å². The maximum absolute atomic E-state index is 13.2. The molecule has 1 aliphatic heterocycles. The van der Waals surface area contributed by atoms with Gasteiger partial charge in [-0.2, -0.15) is 13.7 Å². The second-order valence-electron chi connectivity index (χ2n) is 7.26. The zero-order valence-electron chi connectivity index (χ0n) is 16.2. The Kier molecular flexibility index (Phi) is 5.54. The fourth-order valence-corrected chi connectivity index (χ4v) is 5.26. The first kappa shape index (κ1) is 23.0. The summed E-state index contributed by atoms with van der Waals surface area (Å²) in [5.74, 6) is -0.675. The van der Waals surface area contributed by atoms with E-state index in [1.165, 1.54) is 44.2 Å². The number of rotatable bonds is 4. The van der Waals surface area contributed by atoms with Gasteiger partial charge in [0.15, 0.2) is 0 Å². The Bertz CT molecular complexity index is 1320. The molecule has 0 bridgehead atoms. The lowest BCUT2D eigenvalue weighted by Gasteiger charge is -2.34. The summed E-state index contributed by atoms with van der Waals surface area (Å²) in [5, 5.41) is 14.1. The van der Waals surface area contributed by atoms with Gasteiger partial charge < -0.3 is 4.90 Å². The summed E-state index contributed by atoms with van der Waals surface area (Å²) >= 11 is 6.05. The average molecular weight is 485 g/mol. The normalized spacial score (nSPS) is 18.8. The Balaban J connectivity index is 2.21. The Morgan fingerprint density at radius 2 is 1.65 bits per heavy atom. The molecule has 13 heteroatoms. The number of nitriles is 1. The molecule has 1 amide bonds. The molecule has 2 aromatic rings. The summed E-state index contributed by atoms with van der Waals surface area (Å²) in [5.41, 5.74) is -3.03. The highest BCUT2D eigenvalue weighted by Gasteiger charge is 2.57. The molecule has 164 valence electrons. The number of hydrogen-bond acceptors (Lipinski definition) is 7. The van der Waals surface area contributed by atoms with E-state index in [4.69, 9.17) is 22.0 Å². The maximum atomic E-state index is 13.2. The Morgan fingerprint density at radius 1 is 1.10 bits per heavy atom. The van der Waals surface area contributed by atoms with Crippen LogP contribution in [0.4, 0.5) is 11.4 Å². The second-order valence-corrected chi connectivity index (χ2v) is 10.7. The molecule has 3 rings (SSSR count). The van der Waals surface area contributed by atoms with Gasteiger partial charge in [0.05, 0.1) is 15.5 Å². The van der Waals surface area contributed by atoms with Crippen molar-refractivity contribution in [3.05, 3.63) is 53.1 Å². The molecule has 10 nitrogen and oxygen atoms in total. The van der Waals surface area contributed by atoms with E-state index in [9.17, 15) is 26.2 Å². The zero-order valence-corrected chi connectivity index (χ0v) is 18.6. The van der Waals surface area contributed by atoms with Gasteiger partial charge in [0, 0.05) is 11.4 Å². The molecule has 0 spiro atoms. The van der Waals surface area contributed by atoms with Crippen LogP contribution in [0, 0.1) is 11.3 Å². The van der Waals surface area contributed by atoms with E-state index < -0.39 is 37.1 Å². The molecule has 31 heavy (non-hydrogen) atoms. The predicted molar refractivity (Wildman–Crippen MR) is 113 cm³/mol. The lowest BCUT2D eigenvalue weighted by Crippen LogP contribution is -2.49. The number of sulfonamides is 1. The molecular weight excluding hydrogens is 468 g/mol. The minimum Gasteiger partial charge on any atom is -0.322 e. The van der Waals surface area contributed by atoms with Crippen LogP contribution in [-0.2, 0) is 24.9 Å². The first-order valence-corrected chi connectivity index (χ1v) is 12.0. The summed E-state index contributed by atoms with van der Waals surface area (Å²) in [6.07, 6.45) is 0. The number of nitrogens with zero attached hydrogens (tertiary/aromatic N) is 3. The number of primary sulfonamides is 1. The van der Waals surface area contributed by atoms with Crippen LogP contribution < -0.4 is 14.9 Å². The summed E-state index contributed by atoms with van der Waals surface area (Å²) in [6, 6.07) is 10.7. The van der Waals surface area contributed by atoms with E-state index in [1.54, 1.807) is 0 Å². The number of nitrogens with two attached hydrogens (primary N) is 1. The van der Waals surface area contributed by atoms with Crippen molar-refractivity contribution in [1.29, 1.82) is 5.26 Å². The van der Waals surface area contributed by atoms with Crippen molar-refractivity contribution in [1.82, 2.24) is 0 Å². The highest BCUT2D eigenvalue weighted by molar-refractivity contribution is 7.89. The number of carbonyl (C=O) groups is 1. The molecule has 0 saturated carbocycles. The predicted octanol–water partition coefficient (Wildman–Crippen LogP) is 1.66. The molecular formula is C18H17ClN4O6S2. The highest BCUT2D eigenvalue weighted by Crippen LogP contribution is 2.41. The number of hydrogen-bond donors (Lipinski definition) is 2. The van der Waals surface area contributed by atoms with Gasteiger partial charge in [-0.3, -0.25) is 14.2 Å². The van der Waals surface area contributed by atoms with Gasteiger partial charge in [-0.15, -0.1) is 0 Å². The third-order valence-electron chi connectivity index (χ3n) is 4.85. The van der Waals surface area contributed by atoms with Crippen LogP contribution in [0.15, 0.2) is 47.4 Å².